The van der Waals surface area contributed by atoms with Crippen molar-refractivity contribution in [2.45, 2.75) is 12.5 Å². The van der Waals surface area contributed by atoms with E-state index in [1.165, 1.54) is 22.3 Å². The highest BCUT2D eigenvalue weighted by molar-refractivity contribution is 9.10. The van der Waals surface area contributed by atoms with E-state index < -0.39 is 0 Å². The molecule has 5 rings (SSSR count). The number of phenolic OH excluding ortho intramolecular Hbond substituents is 1. The number of nitrogens with zero attached hydrogens (tertiary/aromatic N) is 2. The third kappa shape index (κ3) is 4.12. The highest BCUT2D eigenvalue weighted by Gasteiger charge is 2.30. The van der Waals surface area contributed by atoms with Crippen LogP contribution in [-0.2, 0) is 11.3 Å². The number of phenols is 1. The number of hydrogen-bond acceptors (Lipinski definition) is 4. The number of carbonyl (C=O) groups excluding carboxylic acids is 1. The van der Waals surface area contributed by atoms with Crippen molar-refractivity contribution < 1.29 is 14.6 Å². The largest absolute Gasteiger partial charge is 0.508 e. The Morgan fingerprint density at radius 3 is 2.19 bits per heavy atom. The van der Waals surface area contributed by atoms with Crippen molar-refractivity contribution >= 4 is 22.0 Å². The van der Waals surface area contributed by atoms with E-state index in [0.29, 0.717) is 32.0 Å². The zero-order valence-corrected chi connectivity index (χ0v) is 19.3. The van der Waals surface area contributed by atoms with Crippen LogP contribution < -0.4 is 0 Å². The SMILES string of the molecule is O=C(OCC1c2ccccc2-c2ccccc21)N1CCN(Cc2ccc(Br)cc2O)CC1. The van der Waals surface area contributed by atoms with Crippen molar-refractivity contribution in [3.8, 4) is 16.9 Å². The van der Waals surface area contributed by atoms with E-state index in [2.05, 4.69) is 57.2 Å². The molecule has 6 heteroatoms. The molecule has 164 valence electrons. The van der Waals surface area contributed by atoms with Crippen LogP contribution >= 0.6 is 15.9 Å². The van der Waals surface area contributed by atoms with E-state index in [9.17, 15) is 9.90 Å². The fourth-order valence-corrected chi connectivity index (χ4v) is 5.03. The molecule has 1 aliphatic heterocycles. The van der Waals surface area contributed by atoms with Crippen molar-refractivity contribution in [3.63, 3.8) is 0 Å². The van der Waals surface area contributed by atoms with Gasteiger partial charge in [-0.1, -0.05) is 70.5 Å². The third-order valence-electron chi connectivity index (χ3n) is 6.41. The number of aromatic hydroxyl groups is 1. The zero-order valence-electron chi connectivity index (χ0n) is 17.7. The molecule has 3 aromatic rings. The van der Waals surface area contributed by atoms with E-state index in [-0.39, 0.29) is 12.0 Å². The lowest BCUT2D eigenvalue weighted by molar-refractivity contribution is 0.0726. The summed E-state index contributed by atoms with van der Waals surface area (Å²) < 4.78 is 6.65. The Morgan fingerprint density at radius 1 is 0.938 bits per heavy atom. The van der Waals surface area contributed by atoms with Gasteiger partial charge in [-0.2, -0.15) is 0 Å². The van der Waals surface area contributed by atoms with Gasteiger partial charge in [0.15, 0.2) is 0 Å². The van der Waals surface area contributed by atoms with Gasteiger partial charge in [-0.25, -0.2) is 4.79 Å². The second-order valence-electron chi connectivity index (χ2n) is 8.34. The van der Waals surface area contributed by atoms with E-state index in [0.717, 1.165) is 23.1 Å². The monoisotopic (exact) mass is 492 g/mol. The number of piperazine rings is 1. The maximum atomic E-state index is 12.8. The summed E-state index contributed by atoms with van der Waals surface area (Å²) in [5.74, 6) is 0.367. The topological polar surface area (TPSA) is 53.0 Å². The summed E-state index contributed by atoms with van der Waals surface area (Å²) in [4.78, 5) is 16.8. The minimum Gasteiger partial charge on any atom is -0.508 e. The fourth-order valence-electron chi connectivity index (χ4n) is 4.69. The van der Waals surface area contributed by atoms with Gasteiger partial charge in [0.2, 0.25) is 0 Å². The third-order valence-corrected chi connectivity index (χ3v) is 6.90. The molecule has 0 bridgehead atoms. The van der Waals surface area contributed by atoms with Crippen LogP contribution in [-0.4, -0.2) is 53.8 Å². The van der Waals surface area contributed by atoms with Gasteiger partial charge < -0.3 is 14.7 Å². The molecule has 1 heterocycles. The molecule has 0 radical (unpaired) electrons. The highest BCUT2D eigenvalue weighted by atomic mass is 79.9. The molecule has 1 aliphatic carbocycles. The number of amides is 1. The summed E-state index contributed by atoms with van der Waals surface area (Å²) in [7, 11) is 0. The summed E-state index contributed by atoms with van der Waals surface area (Å²) in [5, 5.41) is 10.1. The Labute approximate surface area is 196 Å². The van der Waals surface area contributed by atoms with Crippen molar-refractivity contribution in [3.05, 3.63) is 87.9 Å². The van der Waals surface area contributed by atoms with Crippen LogP contribution in [0.2, 0.25) is 0 Å². The summed E-state index contributed by atoms with van der Waals surface area (Å²) in [6.07, 6.45) is -0.252. The Hall–Kier alpha value is -2.83. The number of fused-ring (bicyclic) bond motifs is 3. The summed E-state index contributed by atoms with van der Waals surface area (Å²) in [6, 6.07) is 22.3. The second kappa shape index (κ2) is 8.96. The van der Waals surface area contributed by atoms with Crippen molar-refractivity contribution in [1.29, 1.82) is 0 Å². The van der Waals surface area contributed by atoms with E-state index in [4.69, 9.17) is 4.74 Å². The van der Waals surface area contributed by atoms with E-state index in [1.807, 2.05) is 24.3 Å². The van der Waals surface area contributed by atoms with Gasteiger partial charge in [0.1, 0.15) is 12.4 Å². The van der Waals surface area contributed by atoms with Gasteiger partial charge in [-0.3, -0.25) is 4.90 Å². The molecule has 0 aromatic heterocycles. The van der Waals surface area contributed by atoms with Crippen molar-refractivity contribution in [2.24, 2.45) is 0 Å². The molecule has 1 fully saturated rings. The van der Waals surface area contributed by atoms with E-state index in [1.54, 1.807) is 11.0 Å². The van der Waals surface area contributed by atoms with Crippen molar-refractivity contribution in [1.82, 2.24) is 9.80 Å². The Morgan fingerprint density at radius 2 is 1.56 bits per heavy atom. The van der Waals surface area contributed by atoms with Gasteiger partial charge in [0, 0.05) is 48.7 Å². The molecule has 0 atom stereocenters. The molecule has 1 N–H and O–H groups in total. The van der Waals surface area contributed by atoms with E-state index >= 15 is 0 Å². The summed E-state index contributed by atoms with van der Waals surface area (Å²) in [6.45, 7) is 3.75. The van der Waals surface area contributed by atoms with Gasteiger partial charge >= 0.3 is 6.09 Å². The smallest absolute Gasteiger partial charge is 0.409 e. The maximum Gasteiger partial charge on any atom is 0.409 e. The van der Waals surface area contributed by atoms with Gasteiger partial charge in [-0.15, -0.1) is 0 Å². The van der Waals surface area contributed by atoms with Gasteiger partial charge in [-0.05, 0) is 34.4 Å². The quantitative estimate of drug-likeness (QED) is 0.542. The first kappa shape index (κ1) is 21.0. The normalized spacial score (nSPS) is 16.0. The number of benzene rings is 3. The predicted octanol–water partition coefficient (Wildman–Crippen LogP) is 5.22. The molecule has 0 unspecified atom stereocenters. The molecule has 1 saturated heterocycles. The summed E-state index contributed by atoms with van der Waals surface area (Å²) in [5.41, 5.74) is 5.80. The molecular weight excluding hydrogens is 468 g/mol. The van der Waals surface area contributed by atoms with Crippen molar-refractivity contribution in [2.75, 3.05) is 32.8 Å². The van der Waals surface area contributed by atoms with Crippen LogP contribution in [0.25, 0.3) is 11.1 Å². The van der Waals surface area contributed by atoms with Gasteiger partial charge in [0.25, 0.3) is 0 Å². The molecular formula is C26H25BrN2O3. The molecule has 32 heavy (non-hydrogen) atoms. The average molecular weight is 493 g/mol. The standard InChI is InChI=1S/C26H25BrN2O3/c27-19-10-9-18(25(30)15-19)16-28-11-13-29(14-12-28)26(31)32-17-24-22-7-3-1-5-20(22)21-6-2-4-8-23(21)24/h1-10,15,24,30H,11-14,16-17H2. The minimum absolute atomic E-state index is 0.0769. The number of carbonyl (C=O) groups is 1. The van der Waals surface area contributed by atoms with Crippen LogP contribution in [0.4, 0.5) is 4.79 Å². The first-order chi connectivity index (χ1) is 15.6. The molecule has 2 aliphatic rings. The van der Waals surface area contributed by atoms with Crippen LogP contribution in [0, 0.1) is 0 Å². The number of ether oxygens (including phenoxy) is 1. The van der Waals surface area contributed by atoms with Crippen LogP contribution in [0.1, 0.15) is 22.6 Å². The lowest BCUT2D eigenvalue weighted by Gasteiger charge is -2.34. The van der Waals surface area contributed by atoms with Crippen LogP contribution in [0.5, 0.6) is 5.75 Å². The molecule has 3 aromatic carbocycles. The van der Waals surface area contributed by atoms with Gasteiger partial charge in [0.05, 0.1) is 0 Å². The first-order valence-electron chi connectivity index (χ1n) is 10.9. The Balaban J connectivity index is 1.17. The number of hydrogen-bond donors (Lipinski definition) is 1. The lowest BCUT2D eigenvalue weighted by atomic mass is 9.98. The number of halogens is 1. The van der Waals surface area contributed by atoms with Crippen LogP contribution in [0.15, 0.2) is 71.2 Å². The second-order valence-corrected chi connectivity index (χ2v) is 9.26. The first-order valence-corrected chi connectivity index (χ1v) is 11.7. The molecule has 0 spiro atoms. The number of rotatable bonds is 4. The maximum absolute atomic E-state index is 12.8. The molecule has 5 nitrogen and oxygen atoms in total. The zero-order chi connectivity index (χ0) is 22.1. The minimum atomic E-state index is -0.252. The summed E-state index contributed by atoms with van der Waals surface area (Å²) >= 11 is 3.37. The fraction of sp³-hybridized carbons (Fsp3) is 0.269. The average Bonchev–Trinajstić information content (AvgIpc) is 3.13. The lowest BCUT2D eigenvalue weighted by Crippen LogP contribution is -2.48. The predicted molar refractivity (Wildman–Crippen MR) is 128 cm³/mol. The Bertz CT molecular complexity index is 1100. The van der Waals surface area contributed by atoms with Crippen LogP contribution in [0.3, 0.4) is 0 Å². The molecule has 1 amide bonds. The Kier molecular flexibility index (Phi) is 5.89. The molecule has 0 saturated carbocycles. The highest BCUT2D eigenvalue weighted by Crippen LogP contribution is 2.44.